The first-order valence-corrected chi connectivity index (χ1v) is 11.8. The number of pyridine rings is 1. The van der Waals surface area contributed by atoms with E-state index >= 15 is 0 Å². The smallest absolute Gasteiger partial charge is 0.339 e. The number of nitrogens with zero attached hydrogens (tertiary/aromatic N) is 3. The summed E-state index contributed by atoms with van der Waals surface area (Å²) in [5.41, 5.74) is 4.67. The molecule has 0 radical (unpaired) electrons. The zero-order chi connectivity index (χ0) is 25.2. The van der Waals surface area contributed by atoms with Crippen LogP contribution in [-0.2, 0) is 16.0 Å². The number of rotatable bonds is 6. The van der Waals surface area contributed by atoms with Crippen LogP contribution < -0.4 is 5.32 Å². The second kappa shape index (κ2) is 9.65. The number of aromatic hydroxyl groups is 1. The van der Waals surface area contributed by atoms with Gasteiger partial charge in [-0.1, -0.05) is 30.3 Å². The van der Waals surface area contributed by atoms with Crippen LogP contribution in [0.4, 0.5) is 5.82 Å². The highest BCUT2D eigenvalue weighted by Gasteiger charge is 2.28. The van der Waals surface area contributed by atoms with Crippen LogP contribution in [0, 0.1) is 0 Å². The molecule has 2 N–H and O–H groups in total. The van der Waals surface area contributed by atoms with Gasteiger partial charge in [-0.25, -0.2) is 14.5 Å². The fourth-order valence-electron chi connectivity index (χ4n) is 4.49. The lowest BCUT2D eigenvalue weighted by molar-refractivity contribution is -0.119. The monoisotopic (exact) mass is 482 g/mol. The molecular formula is C28H26N4O4. The Balaban J connectivity index is 1.42. The van der Waals surface area contributed by atoms with Crippen molar-refractivity contribution in [2.45, 2.75) is 32.7 Å². The number of benzene rings is 2. The maximum Gasteiger partial charge on any atom is 0.339 e. The molecule has 0 saturated heterocycles. The summed E-state index contributed by atoms with van der Waals surface area (Å²) >= 11 is 0. The number of carbonyl (C=O) groups is 2. The largest absolute Gasteiger partial charge is 0.508 e. The summed E-state index contributed by atoms with van der Waals surface area (Å²) in [5, 5.41) is 17.2. The lowest BCUT2D eigenvalue weighted by Crippen LogP contribution is -2.23. The van der Waals surface area contributed by atoms with E-state index in [2.05, 4.69) is 10.4 Å². The highest BCUT2D eigenvalue weighted by Crippen LogP contribution is 2.38. The number of phenolic OH excluding ortho intramolecular Hbond substituents is 1. The van der Waals surface area contributed by atoms with Gasteiger partial charge >= 0.3 is 5.97 Å². The standard InChI is InChI=1S/C28H26N4O4/c1-17(2)32-24(13-14-29-32)31-25(34)16-36-28(35)26-21-5-3-4-6-23(21)30-27-19(9-12-22(26)27)15-18-7-10-20(33)11-8-18/h3-8,10-11,13-15,17,33H,9,12,16H2,1-2H3,(H,31,34)/b19-15+. The summed E-state index contributed by atoms with van der Waals surface area (Å²) in [6.07, 6.45) is 4.99. The van der Waals surface area contributed by atoms with Crippen molar-refractivity contribution in [3.8, 4) is 5.75 Å². The molecule has 1 amide bonds. The van der Waals surface area contributed by atoms with Gasteiger partial charge in [0.1, 0.15) is 11.6 Å². The number of aromatic nitrogens is 3. The Bertz CT molecular complexity index is 1490. The number of hydrogen-bond donors (Lipinski definition) is 2. The summed E-state index contributed by atoms with van der Waals surface area (Å²) in [5.74, 6) is -0.238. The highest BCUT2D eigenvalue weighted by molar-refractivity contribution is 6.08. The number of ether oxygens (including phenoxy) is 1. The van der Waals surface area contributed by atoms with Gasteiger partial charge in [-0.3, -0.25) is 4.79 Å². The zero-order valence-corrected chi connectivity index (χ0v) is 20.1. The predicted octanol–water partition coefficient (Wildman–Crippen LogP) is 5.00. The molecule has 182 valence electrons. The quantitative estimate of drug-likeness (QED) is 0.375. The Morgan fingerprint density at radius 3 is 2.67 bits per heavy atom. The van der Waals surface area contributed by atoms with E-state index < -0.39 is 18.5 Å². The molecule has 0 saturated carbocycles. The van der Waals surface area contributed by atoms with E-state index in [1.54, 1.807) is 29.1 Å². The molecule has 0 atom stereocenters. The Labute approximate surface area is 208 Å². The van der Waals surface area contributed by atoms with E-state index in [0.29, 0.717) is 28.7 Å². The van der Waals surface area contributed by atoms with E-state index in [4.69, 9.17) is 9.72 Å². The predicted molar refractivity (Wildman–Crippen MR) is 138 cm³/mol. The topological polar surface area (TPSA) is 106 Å². The average molecular weight is 483 g/mol. The van der Waals surface area contributed by atoms with Gasteiger partial charge in [0.15, 0.2) is 6.61 Å². The van der Waals surface area contributed by atoms with Crippen molar-refractivity contribution in [1.29, 1.82) is 0 Å². The first-order chi connectivity index (χ1) is 17.4. The minimum Gasteiger partial charge on any atom is -0.508 e. The molecule has 0 unspecified atom stereocenters. The van der Waals surface area contributed by atoms with Gasteiger partial charge in [0.25, 0.3) is 5.91 Å². The number of carbonyl (C=O) groups excluding carboxylic acids is 2. The fourth-order valence-corrected chi connectivity index (χ4v) is 4.49. The molecule has 5 rings (SSSR count). The molecule has 8 nitrogen and oxygen atoms in total. The van der Waals surface area contributed by atoms with Crippen LogP contribution in [0.2, 0.25) is 0 Å². The first-order valence-electron chi connectivity index (χ1n) is 11.8. The number of phenols is 1. The highest BCUT2D eigenvalue weighted by atomic mass is 16.5. The second-order valence-electron chi connectivity index (χ2n) is 8.97. The third kappa shape index (κ3) is 4.57. The van der Waals surface area contributed by atoms with Crippen LogP contribution in [0.5, 0.6) is 5.75 Å². The van der Waals surface area contributed by atoms with Gasteiger partial charge in [0.2, 0.25) is 0 Å². The molecule has 0 spiro atoms. The van der Waals surface area contributed by atoms with Gasteiger partial charge in [-0.05, 0) is 67.7 Å². The average Bonchev–Trinajstić information content (AvgIpc) is 3.49. The van der Waals surface area contributed by atoms with Gasteiger partial charge in [0.05, 0.1) is 23.0 Å². The van der Waals surface area contributed by atoms with Crippen LogP contribution in [0.25, 0.3) is 22.6 Å². The molecule has 2 aromatic heterocycles. The third-order valence-corrected chi connectivity index (χ3v) is 6.14. The minimum atomic E-state index is -0.553. The van der Waals surface area contributed by atoms with Crippen molar-refractivity contribution in [3.63, 3.8) is 0 Å². The Kier molecular flexibility index (Phi) is 6.25. The maximum atomic E-state index is 13.3. The first kappa shape index (κ1) is 23.3. The van der Waals surface area contributed by atoms with E-state index in [9.17, 15) is 14.7 Å². The third-order valence-electron chi connectivity index (χ3n) is 6.14. The minimum absolute atomic E-state index is 0.0763. The van der Waals surface area contributed by atoms with E-state index in [0.717, 1.165) is 28.8 Å². The summed E-state index contributed by atoms with van der Waals surface area (Å²) in [4.78, 5) is 30.7. The number of esters is 1. The van der Waals surface area contributed by atoms with E-state index in [1.807, 2.05) is 56.3 Å². The van der Waals surface area contributed by atoms with Crippen LogP contribution in [-0.4, -0.2) is 38.4 Å². The van der Waals surface area contributed by atoms with Gasteiger partial charge in [-0.15, -0.1) is 0 Å². The number of amides is 1. The Hall–Kier alpha value is -4.46. The molecule has 1 aliphatic carbocycles. The van der Waals surface area contributed by atoms with Crippen molar-refractivity contribution in [1.82, 2.24) is 14.8 Å². The second-order valence-corrected chi connectivity index (χ2v) is 8.97. The molecule has 0 aliphatic heterocycles. The molecule has 2 heterocycles. The van der Waals surface area contributed by atoms with Crippen LogP contribution in [0.3, 0.4) is 0 Å². The number of hydrogen-bond acceptors (Lipinski definition) is 6. The van der Waals surface area contributed by atoms with Gasteiger partial charge < -0.3 is 15.2 Å². The molecule has 36 heavy (non-hydrogen) atoms. The number of fused-ring (bicyclic) bond motifs is 2. The maximum absolute atomic E-state index is 13.3. The molecule has 4 aromatic rings. The van der Waals surface area contributed by atoms with Crippen molar-refractivity contribution < 1.29 is 19.4 Å². The van der Waals surface area contributed by atoms with Crippen molar-refractivity contribution in [3.05, 3.63) is 83.2 Å². The van der Waals surface area contributed by atoms with Crippen LogP contribution >= 0.6 is 0 Å². The summed E-state index contributed by atoms with van der Waals surface area (Å²) < 4.78 is 7.17. The normalized spacial score (nSPS) is 13.8. The van der Waals surface area contributed by atoms with Crippen molar-refractivity contribution >= 4 is 40.2 Å². The summed E-state index contributed by atoms with van der Waals surface area (Å²) in [6.45, 7) is 3.51. The van der Waals surface area contributed by atoms with Gasteiger partial charge in [-0.2, -0.15) is 5.10 Å². The number of nitrogens with one attached hydrogen (secondary N) is 1. The van der Waals surface area contributed by atoms with Crippen molar-refractivity contribution in [2.24, 2.45) is 0 Å². The van der Waals surface area contributed by atoms with Crippen LogP contribution in [0.15, 0.2) is 60.8 Å². The Morgan fingerprint density at radius 2 is 1.89 bits per heavy atom. The lowest BCUT2D eigenvalue weighted by atomic mass is 10.0. The lowest BCUT2D eigenvalue weighted by Gasteiger charge is -2.13. The summed E-state index contributed by atoms with van der Waals surface area (Å²) in [6, 6.07) is 16.2. The van der Waals surface area contributed by atoms with Gasteiger partial charge in [0, 0.05) is 17.5 Å². The number of para-hydroxylation sites is 1. The van der Waals surface area contributed by atoms with Crippen LogP contribution in [0.1, 0.15) is 53.5 Å². The SMILES string of the molecule is CC(C)n1nccc1NC(=O)COC(=O)c1c2c(nc3ccccc13)/C(=C/c1ccc(O)cc1)CC2. The molecule has 0 bridgehead atoms. The molecule has 1 aliphatic rings. The number of allylic oxidation sites excluding steroid dienone is 1. The van der Waals surface area contributed by atoms with E-state index in [1.165, 1.54) is 0 Å². The fraction of sp³-hybridized carbons (Fsp3) is 0.214. The Morgan fingerprint density at radius 1 is 1.11 bits per heavy atom. The molecule has 0 fully saturated rings. The number of anilines is 1. The molecule has 2 aromatic carbocycles. The summed E-state index contributed by atoms with van der Waals surface area (Å²) in [7, 11) is 0. The zero-order valence-electron chi connectivity index (χ0n) is 20.1. The molecular weight excluding hydrogens is 456 g/mol. The van der Waals surface area contributed by atoms with E-state index in [-0.39, 0.29) is 11.8 Å². The van der Waals surface area contributed by atoms with Crippen molar-refractivity contribution in [2.75, 3.05) is 11.9 Å². The molecule has 8 heteroatoms.